The Hall–Kier alpha value is -3.81. The Balaban J connectivity index is 1.47. The van der Waals surface area contributed by atoms with Gasteiger partial charge in [-0.2, -0.15) is 0 Å². The summed E-state index contributed by atoms with van der Waals surface area (Å²) in [4.78, 5) is 34.5. The summed E-state index contributed by atoms with van der Waals surface area (Å²) >= 11 is 0. The molecule has 3 atom stereocenters. The number of carbonyl (C=O) groups excluding carboxylic acids is 1. The summed E-state index contributed by atoms with van der Waals surface area (Å²) in [6, 6.07) is 25.3. The van der Waals surface area contributed by atoms with Crippen LogP contribution in [0.2, 0.25) is 0 Å². The molecule has 0 aliphatic carbocycles. The van der Waals surface area contributed by atoms with Crippen LogP contribution in [-0.4, -0.2) is 25.9 Å². The van der Waals surface area contributed by atoms with Crippen molar-refractivity contribution in [3.8, 4) is 16.9 Å². The number of β-lactam (4-membered cyclic amide) rings is 1. The van der Waals surface area contributed by atoms with Crippen molar-refractivity contribution in [2.45, 2.75) is 25.0 Å². The van der Waals surface area contributed by atoms with E-state index >= 15 is 0 Å². The van der Waals surface area contributed by atoms with Gasteiger partial charge in [0.05, 0.1) is 23.4 Å². The number of hydrogen-bond donors (Lipinski definition) is 4. The van der Waals surface area contributed by atoms with E-state index < -0.39 is 31.5 Å². The molecule has 1 amide bonds. The minimum Gasteiger partial charge on any atom is -0.508 e. The molecule has 7 nitrogen and oxygen atoms in total. The van der Waals surface area contributed by atoms with Gasteiger partial charge in [-0.15, -0.1) is 0 Å². The van der Waals surface area contributed by atoms with Crippen LogP contribution in [0.25, 0.3) is 11.1 Å². The number of nitrogens with zero attached hydrogens (tertiary/aromatic N) is 1. The van der Waals surface area contributed by atoms with Crippen LogP contribution >= 0.6 is 7.60 Å². The Kier molecular flexibility index (Phi) is 7.38. The molecule has 200 valence electrons. The Bertz CT molecular complexity index is 1560. The van der Waals surface area contributed by atoms with Crippen molar-refractivity contribution in [2.24, 2.45) is 5.92 Å². The van der Waals surface area contributed by atoms with E-state index in [0.717, 1.165) is 0 Å². The second-order valence-electron chi connectivity index (χ2n) is 9.54. The third-order valence-corrected chi connectivity index (χ3v) is 8.16. The van der Waals surface area contributed by atoms with Crippen molar-refractivity contribution in [1.82, 2.24) is 0 Å². The third kappa shape index (κ3) is 5.24. The van der Waals surface area contributed by atoms with E-state index in [4.69, 9.17) is 0 Å². The molecule has 4 aromatic carbocycles. The van der Waals surface area contributed by atoms with E-state index in [9.17, 15) is 33.7 Å². The van der Waals surface area contributed by atoms with E-state index in [1.165, 1.54) is 30.3 Å². The predicted octanol–water partition coefficient (Wildman–Crippen LogP) is 5.22. The molecule has 1 fully saturated rings. The summed E-state index contributed by atoms with van der Waals surface area (Å²) in [7, 11) is -4.56. The first-order chi connectivity index (χ1) is 18.7. The minimum absolute atomic E-state index is 0.133. The number of anilines is 1. The molecule has 0 aromatic heterocycles. The molecule has 5 rings (SSSR count). The quantitative estimate of drug-likeness (QED) is 0.178. The van der Waals surface area contributed by atoms with Gasteiger partial charge in [-0.05, 0) is 54.3 Å². The molecule has 0 bridgehead atoms. The van der Waals surface area contributed by atoms with Crippen molar-refractivity contribution < 1.29 is 33.7 Å². The number of halogens is 1. The number of amides is 1. The van der Waals surface area contributed by atoms with Crippen LogP contribution in [0.15, 0.2) is 97.1 Å². The number of aromatic hydroxyl groups is 1. The normalized spacial score (nSPS) is 18.1. The first-order valence-electron chi connectivity index (χ1n) is 12.5. The van der Waals surface area contributed by atoms with Crippen molar-refractivity contribution in [1.29, 1.82) is 0 Å². The summed E-state index contributed by atoms with van der Waals surface area (Å²) in [6.07, 6.45) is -0.694. The van der Waals surface area contributed by atoms with E-state index in [-0.39, 0.29) is 35.4 Å². The van der Waals surface area contributed by atoms with Gasteiger partial charge in [0.25, 0.3) is 0 Å². The Morgan fingerprint density at radius 1 is 0.897 bits per heavy atom. The zero-order chi connectivity index (χ0) is 27.7. The van der Waals surface area contributed by atoms with Gasteiger partial charge in [0.1, 0.15) is 11.6 Å². The molecule has 0 spiro atoms. The van der Waals surface area contributed by atoms with Gasteiger partial charge in [0.15, 0.2) is 0 Å². The number of para-hydroxylation sites is 1. The first-order valence-corrected chi connectivity index (χ1v) is 14.1. The lowest BCUT2D eigenvalue weighted by Gasteiger charge is -2.48. The molecular weight excluding hydrogens is 520 g/mol. The first kappa shape index (κ1) is 26.8. The summed E-state index contributed by atoms with van der Waals surface area (Å²) < 4.78 is 26.2. The summed E-state index contributed by atoms with van der Waals surface area (Å²) in [5.74, 6) is -1.41. The molecule has 4 N–H and O–H groups in total. The van der Waals surface area contributed by atoms with E-state index in [1.807, 2.05) is 6.07 Å². The molecule has 39 heavy (non-hydrogen) atoms. The smallest absolute Gasteiger partial charge is 0.356 e. The largest absolute Gasteiger partial charge is 0.508 e. The Morgan fingerprint density at radius 2 is 1.56 bits per heavy atom. The average molecular weight is 548 g/mol. The summed E-state index contributed by atoms with van der Waals surface area (Å²) in [6.45, 7) is 0. The molecule has 0 radical (unpaired) electrons. The summed E-state index contributed by atoms with van der Waals surface area (Å²) in [5, 5.41) is 21.6. The van der Waals surface area contributed by atoms with Crippen LogP contribution in [0.5, 0.6) is 5.75 Å². The number of benzene rings is 4. The van der Waals surface area contributed by atoms with Gasteiger partial charge in [-0.25, -0.2) is 4.39 Å². The van der Waals surface area contributed by atoms with Crippen LogP contribution in [0.4, 0.5) is 10.1 Å². The van der Waals surface area contributed by atoms with Gasteiger partial charge >= 0.3 is 7.60 Å². The molecule has 0 unspecified atom stereocenters. The lowest BCUT2D eigenvalue weighted by Crippen LogP contribution is -2.55. The molecule has 1 aliphatic heterocycles. The topological polar surface area (TPSA) is 118 Å². The van der Waals surface area contributed by atoms with Crippen LogP contribution in [0.3, 0.4) is 0 Å². The maximum absolute atomic E-state index is 14.2. The average Bonchev–Trinajstić information content (AvgIpc) is 2.92. The number of aliphatic hydroxyl groups excluding tert-OH is 1. The highest BCUT2D eigenvalue weighted by atomic mass is 31.2. The molecule has 9 heteroatoms. The van der Waals surface area contributed by atoms with Gasteiger partial charge < -0.3 is 24.9 Å². The Labute approximate surface area is 225 Å². The van der Waals surface area contributed by atoms with Crippen LogP contribution in [0, 0.1) is 11.7 Å². The van der Waals surface area contributed by atoms with Crippen molar-refractivity contribution in [3.63, 3.8) is 0 Å². The van der Waals surface area contributed by atoms with E-state index in [1.54, 1.807) is 65.6 Å². The maximum atomic E-state index is 14.2. The second kappa shape index (κ2) is 10.8. The monoisotopic (exact) mass is 547 g/mol. The number of hydrogen-bond acceptors (Lipinski definition) is 4. The highest BCUT2D eigenvalue weighted by Crippen LogP contribution is 2.49. The fourth-order valence-corrected chi connectivity index (χ4v) is 6.03. The SMILES string of the molecule is O=C1[C@H](CC[C@H](O)c2ccccc2F)[C@@H](c2ccc(-c3ccccc3P(=O)(O)O)cc2O)N1c1ccccc1. The molecule has 1 heterocycles. The highest BCUT2D eigenvalue weighted by Gasteiger charge is 2.49. The van der Waals surface area contributed by atoms with Crippen molar-refractivity contribution in [2.75, 3.05) is 4.90 Å². The lowest BCUT2D eigenvalue weighted by atomic mass is 9.77. The second-order valence-corrected chi connectivity index (χ2v) is 11.1. The Morgan fingerprint density at radius 3 is 2.26 bits per heavy atom. The van der Waals surface area contributed by atoms with Crippen LogP contribution in [0.1, 0.15) is 36.1 Å². The number of phenols is 1. The van der Waals surface area contributed by atoms with E-state index in [2.05, 4.69) is 0 Å². The highest BCUT2D eigenvalue weighted by molar-refractivity contribution is 7.60. The molecule has 1 aliphatic rings. The molecule has 1 saturated heterocycles. The van der Waals surface area contributed by atoms with Crippen LogP contribution in [-0.2, 0) is 9.36 Å². The van der Waals surface area contributed by atoms with Crippen molar-refractivity contribution in [3.05, 3.63) is 114 Å². The minimum atomic E-state index is -4.56. The summed E-state index contributed by atoms with van der Waals surface area (Å²) in [5.41, 5.74) is 1.98. The number of aliphatic hydroxyl groups is 1. The molecule has 4 aromatic rings. The van der Waals surface area contributed by atoms with Crippen molar-refractivity contribution >= 4 is 24.5 Å². The fraction of sp³-hybridized carbons (Fsp3) is 0.167. The van der Waals surface area contributed by atoms with Gasteiger partial charge in [-0.3, -0.25) is 9.36 Å². The molecular formula is C30H27FNO6P. The van der Waals surface area contributed by atoms with Gasteiger partial charge in [0.2, 0.25) is 5.91 Å². The number of carbonyl (C=O) groups is 1. The fourth-order valence-electron chi connectivity index (χ4n) is 5.23. The maximum Gasteiger partial charge on any atom is 0.356 e. The predicted molar refractivity (Wildman–Crippen MR) is 146 cm³/mol. The zero-order valence-corrected chi connectivity index (χ0v) is 21.7. The number of rotatable bonds is 8. The lowest BCUT2D eigenvalue weighted by molar-refractivity contribution is -0.131. The number of phenolic OH excluding ortho intramolecular Hbond substituents is 1. The molecule has 0 saturated carbocycles. The van der Waals surface area contributed by atoms with E-state index in [0.29, 0.717) is 22.4 Å². The standard InChI is InChI=1S/C30H27FNO6P/c31-25-12-6-4-11-22(25)26(33)17-16-24-29(32(30(24)35)20-8-2-1-3-9-20)23-15-14-19(18-27(23)34)21-10-5-7-13-28(21)39(36,37)38/h1-15,18,24,26,29,33-34H,16-17H2,(H2,36,37,38)/t24-,26+,29-/m1/s1. The van der Waals surface area contributed by atoms with Gasteiger partial charge in [0, 0.05) is 16.8 Å². The van der Waals surface area contributed by atoms with Gasteiger partial charge in [-0.1, -0.05) is 66.7 Å². The van der Waals surface area contributed by atoms with Crippen LogP contribution < -0.4 is 10.2 Å². The third-order valence-electron chi connectivity index (χ3n) is 7.14. The zero-order valence-electron chi connectivity index (χ0n) is 20.8.